The number of rotatable bonds is 5. The predicted octanol–water partition coefficient (Wildman–Crippen LogP) is 3.04. The Morgan fingerprint density at radius 3 is 2.17 bits per heavy atom. The summed E-state index contributed by atoms with van der Waals surface area (Å²) < 4.78 is 46.1. The maximum Gasteiger partial charge on any atom is 0.260 e. The van der Waals surface area contributed by atoms with Crippen LogP contribution in [0, 0.1) is 5.82 Å². The minimum Gasteiger partial charge on any atom is -0.481 e. The van der Waals surface area contributed by atoms with Crippen LogP contribution >= 0.6 is 0 Å². The first-order chi connectivity index (χ1) is 14.1. The maximum atomic E-state index is 13.6. The summed E-state index contributed by atoms with van der Waals surface area (Å²) in [5.41, 5.74) is 1.01. The van der Waals surface area contributed by atoms with Crippen molar-refractivity contribution in [1.29, 1.82) is 0 Å². The number of piperazine rings is 1. The summed E-state index contributed by atoms with van der Waals surface area (Å²) in [6, 6.07) is 12.8. The van der Waals surface area contributed by atoms with E-state index >= 15 is 0 Å². The predicted molar refractivity (Wildman–Crippen MR) is 112 cm³/mol. The van der Waals surface area contributed by atoms with Gasteiger partial charge in [0.2, 0.25) is 10.0 Å². The molecule has 0 bridgehead atoms. The van der Waals surface area contributed by atoms with E-state index in [1.54, 1.807) is 24.3 Å². The fourth-order valence-electron chi connectivity index (χ4n) is 3.25. The lowest BCUT2D eigenvalue weighted by molar-refractivity contribution is -0.134. The van der Waals surface area contributed by atoms with Crippen LogP contribution in [0.1, 0.15) is 26.3 Å². The molecule has 3 rings (SSSR count). The molecule has 1 aliphatic heterocycles. The number of sulfonamides is 1. The van der Waals surface area contributed by atoms with Gasteiger partial charge in [-0.05, 0) is 35.2 Å². The van der Waals surface area contributed by atoms with Crippen molar-refractivity contribution in [2.45, 2.75) is 31.1 Å². The van der Waals surface area contributed by atoms with Gasteiger partial charge in [0, 0.05) is 26.2 Å². The van der Waals surface area contributed by atoms with Crippen molar-refractivity contribution in [2.24, 2.45) is 0 Å². The van der Waals surface area contributed by atoms with Crippen LogP contribution in [0.15, 0.2) is 53.4 Å². The monoisotopic (exact) mass is 434 g/mol. The van der Waals surface area contributed by atoms with E-state index in [0.717, 1.165) is 5.56 Å². The molecule has 0 atom stereocenters. The van der Waals surface area contributed by atoms with Gasteiger partial charge in [-0.25, -0.2) is 12.8 Å². The van der Waals surface area contributed by atoms with Crippen molar-refractivity contribution in [1.82, 2.24) is 9.21 Å². The van der Waals surface area contributed by atoms with Gasteiger partial charge in [-0.3, -0.25) is 4.79 Å². The van der Waals surface area contributed by atoms with Crippen molar-refractivity contribution in [3.05, 3.63) is 59.9 Å². The molecular weight excluding hydrogens is 407 g/mol. The molecule has 1 saturated heterocycles. The molecule has 0 aromatic heterocycles. The van der Waals surface area contributed by atoms with Crippen LogP contribution in [0.25, 0.3) is 0 Å². The Labute approximate surface area is 177 Å². The molecule has 2 aromatic rings. The number of carbonyl (C=O) groups excluding carboxylic acids is 1. The third kappa shape index (κ3) is 4.99. The molecular formula is C22H27FN2O4S. The smallest absolute Gasteiger partial charge is 0.260 e. The first-order valence-corrected chi connectivity index (χ1v) is 11.3. The average Bonchev–Trinajstić information content (AvgIpc) is 2.72. The standard InChI is InChI=1S/C22H27FN2O4S/c1-22(2,3)17-8-10-18(11-9-17)30(27,28)25-14-12-24(13-15-25)21(26)16-29-20-7-5-4-6-19(20)23/h4-11H,12-16H2,1-3H3. The maximum absolute atomic E-state index is 13.6. The molecule has 0 spiro atoms. The number of hydrogen-bond acceptors (Lipinski definition) is 4. The summed E-state index contributed by atoms with van der Waals surface area (Å²) in [5, 5.41) is 0. The fourth-order valence-corrected chi connectivity index (χ4v) is 4.67. The van der Waals surface area contributed by atoms with E-state index in [0.29, 0.717) is 0 Å². The highest BCUT2D eigenvalue weighted by Crippen LogP contribution is 2.25. The zero-order valence-corrected chi connectivity index (χ0v) is 18.3. The van der Waals surface area contributed by atoms with Crippen LogP contribution in [0.4, 0.5) is 4.39 Å². The van der Waals surface area contributed by atoms with Gasteiger partial charge in [0.1, 0.15) is 0 Å². The zero-order valence-electron chi connectivity index (χ0n) is 17.5. The van der Waals surface area contributed by atoms with E-state index in [4.69, 9.17) is 4.74 Å². The van der Waals surface area contributed by atoms with E-state index in [2.05, 4.69) is 20.8 Å². The van der Waals surface area contributed by atoms with Crippen molar-refractivity contribution in [3.8, 4) is 5.75 Å². The number of para-hydroxylation sites is 1. The molecule has 1 aliphatic rings. The first kappa shape index (κ1) is 22.2. The molecule has 2 aromatic carbocycles. The van der Waals surface area contributed by atoms with Crippen molar-refractivity contribution in [3.63, 3.8) is 0 Å². The molecule has 30 heavy (non-hydrogen) atoms. The molecule has 0 aliphatic carbocycles. The van der Waals surface area contributed by atoms with Gasteiger partial charge < -0.3 is 9.64 Å². The van der Waals surface area contributed by atoms with E-state index in [9.17, 15) is 17.6 Å². The highest BCUT2D eigenvalue weighted by Gasteiger charge is 2.30. The van der Waals surface area contributed by atoms with Crippen LogP contribution in [0.3, 0.4) is 0 Å². The van der Waals surface area contributed by atoms with Gasteiger partial charge >= 0.3 is 0 Å². The third-order valence-corrected chi connectivity index (χ3v) is 7.05. The number of ether oxygens (including phenoxy) is 1. The number of hydrogen-bond donors (Lipinski definition) is 0. The molecule has 162 valence electrons. The number of halogens is 1. The summed E-state index contributed by atoms with van der Waals surface area (Å²) in [7, 11) is -3.62. The number of amides is 1. The Morgan fingerprint density at radius 1 is 1.00 bits per heavy atom. The Hall–Kier alpha value is -2.45. The number of nitrogens with zero attached hydrogens (tertiary/aromatic N) is 2. The second-order valence-corrected chi connectivity index (χ2v) is 10.2. The Bertz CT molecular complexity index is 993. The third-order valence-electron chi connectivity index (χ3n) is 5.14. The lowest BCUT2D eigenvalue weighted by Crippen LogP contribution is -2.51. The van der Waals surface area contributed by atoms with Gasteiger partial charge in [0.15, 0.2) is 18.2 Å². The minimum atomic E-state index is -3.62. The normalized spacial score (nSPS) is 15.8. The van der Waals surface area contributed by atoms with Crippen LogP contribution in [-0.2, 0) is 20.2 Å². The van der Waals surface area contributed by atoms with Gasteiger partial charge in [-0.2, -0.15) is 4.31 Å². The Balaban J connectivity index is 1.57. The molecule has 6 nitrogen and oxygen atoms in total. The summed E-state index contributed by atoms with van der Waals surface area (Å²) in [5.74, 6) is -0.811. The summed E-state index contributed by atoms with van der Waals surface area (Å²) >= 11 is 0. The van der Waals surface area contributed by atoms with Gasteiger partial charge in [0.25, 0.3) is 5.91 Å². The molecule has 1 heterocycles. The second kappa shape index (κ2) is 8.73. The average molecular weight is 435 g/mol. The Kier molecular flexibility index (Phi) is 6.47. The van der Waals surface area contributed by atoms with E-state index in [-0.39, 0.29) is 54.8 Å². The molecule has 1 amide bonds. The van der Waals surface area contributed by atoms with E-state index in [1.165, 1.54) is 21.3 Å². The first-order valence-electron chi connectivity index (χ1n) is 9.85. The summed E-state index contributed by atoms with van der Waals surface area (Å²) in [6.07, 6.45) is 0. The lowest BCUT2D eigenvalue weighted by Gasteiger charge is -2.34. The molecule has 0 radical (unpaired) electrons. The molecule has 8 heteroatoms. The van der Waals surface area contributed by atoms with Gasteiger partial charge in [-0.15, -0.1) is 0 Å². The van der Waals surface area contributed by atoms with Crippen molar-refractivity contribution >= 4 is 15.9 Å². The number of benzene rings is 2. The molecule has 0 N–H and O–H groups in total. The zero-order chi connectivity index (χ0) is 21.9. The summed E-state index contributed by atoms with van der Waals surface area (Å²) in [6.45, 7) is 6.86. The van der Waals surface area contributed by atoms with Crippen LogP contribution in [0.2, 0.25) is 0 Å². The van der Waals surface area contributed by atoms with Crippen molar-refractivity contribution in [2.75, 3.05) is 32.8 Å². The van der Waals surface area contributed by atoms with Crippen LogP contribution in [0.5, 0.6) is 5.75 Å². The highest BCUT2D eigenvalue weighted by atomic mass is 32.2. The van der Waals surface area contributed by atoms with Crippen molar-refractivity contribution < 1.29 is 22.3 Å². The molecule has 0 saturated carbocycles. The molecule has 0 unspecified atom stereocenters. The number of carbonyl (C=O) groups is 1. The largest absolute Gasteiger partial charge is 0.481 e. The van der Waals surface area contributed by atoms with Crippen LogP contribution in [-0.4, -0.2) is 56.3 Å². The lowest BCUT2D eigenvalue weighted by atomic mass is 9.87. The fraction of sp³-hybridized carbons (Fsp3) is 0.409. The highest BCUT2D eigenvalue weighted by molar-refractivity contribution is 7.89. The molecule has 1 fully saturated rings. The van der Waals surface area contributed by atoms with Gasteiger partial charge in [-0.1, -0.05) is 45.0 Å². The second-order valence-electron chi connectivity index (χ2n) is 8.28. The Morgan fingerprint density at radius 2 is 1.60 bits per heavy atom. The quantitative estimate of drug-likeness (QED) is 0.726. The van der Waals surface area contributed by atoms with Gasteiger partial charge in [0.05, 0.1) is 4.90 Å². The minimum absolute atomic E-state index is 0.0192. The topological polar surface area (TPSA) is 66.9 Å². The SMILES string of the molecule is CC(C)(C)c1ccc(S(=O)(=O)N2CCN(C(=O)COc3ccccc3F)CC2)cc1. The summed E-state index contributed by atoms with van der Waals surface area (Å²) in [4.78, 5) is 14.1. The van der Waals surface area contributed by atoms with E-state index < -0.39 is 15.8 Å². The van der Waals surface area contributed by atoms with Crippen LogP contribution < -0.4 is 4.74 Å². The van der Waals surface area contributed by atoms with E-state index in [1.807, 2.05) is 12.1 Å².